The van der Waals surface area contributed by atoms with Gasteiger partial charge in [-0.1, -0.05) is 46.2 Å². The van der Waals surface area contributed by atoms with Crippen LogP contribution in [0.2, 0.25) is 0 Å². The molecule has 5 atom stereocenters. The summed E-state index contributed by atoms with van der Waals surface area (Å²) in [6, 6.07) is 1.82. The zero-order valence-electron chi connectivity index (χ0n) is 21.7. The summed E-state index contributed by atoms with van der Waals surface area (Å²) in [6.07, 6.45) is 0.292. The van der Waals surface area contributed by atoms with E-state index < -0.39 is 59.7 Å². The van der Waals surface area contributed by atoms with Gasteiger partial charge in [0.15, 0.2) is 0 Å². The number of amides is 4. The van der Waals surface area contributed by atoms with Gasteiger partial charge < -0.3 is 37.6 Å². The lowest BCUT2D eigenvalue weighted by atomic mass is 9.95. The summed E-state index contributed by atoms with van der Waals surface area (Å²) in [6.45, 7) is 6.96. The second kappa shape index (κ2) is 14.8. The Morgan fingerprint density at radius 1 is 0.892 bits per heavy atom. The fourth-order valence-corrected chi connectivity index (χ4v) is 3.52. The number of benzene rings is 1. The van der Waals surface area contributed by atoms with Crippen molar-refractivity contribution in [2.24, 2.45) is 23.3 Å². The highest BCUT2D eigenvalue weighted by Crippen LogP contribution is 2.13. The molecule has 0 fully saturated rings. The minimum Gasteiger partial charge on any atom is -0.508 e. The van der Waals surface area contributed by atoms with Crippen LogP contribution in [0, 0.1) is 11.8 Å². The molecule has 0 aliphatic heterocycles. The number of phenols is 1. The van der Waals surface area contributed by atoms with Gasteiger partial charge in [-0.25, -0.2) is 4.79 Å². The number of hydrogen-bond donors (Lipinski definition) is 7. The van der Waals surface area contributed by atoms with Crippen LogP contribution < -0.4 is 27.4 Å². The molecule has 1 rings (SSSR count). The average Bonchev–Trinajstić information content (AvgIpc) is 2.83. The minimum atomic E-state index is -1.36. The van der Waals surface area contributed by atoms with Crippen LogP contribution in [0.5, 0.6) is 5.75 Å². The summed E-state index contributed by atoms with van der Waals surface area (Å²) in [7, 11) is 0. The van der Waals surface area contributed by atoms with Gasteiger partial charge in [-0.2, -0.15) is 0 Å². The first-order valence-corrected chi connectivity index (χ1v) is 12.2. The lowest BCUT2D eigenvalue weighted by Crippen LogP contribution is -2.60. The van der Waals surface area contributed by atoms with Gasteiger partial charge in [0, 0.05) is 6.42 Å². The first kappa shape index (κ1) is 31.4. The fourth-order valence-electron chi connectivity index (χ4n) is 3.52. The standard InChI is InChI=1S/C25H39N5O7/c1-5-14(4)21(30-22(33)17(26)12-15-6-8-16(31)9-7-15)24(35)29-20(13(2)3)23(34)28-18(25(36)37)10-11-19(27)32/h6-9,13-14,17-18,20-21,31H,5,10-12,26H2,1-4H3,(H2,27,32)(H,28,34)(H,29,35)(H,30,33)(H,36,37). The van der Waals surface area contributed by atoms with Crippen LogP contribution in [0.15, 0.2) is 24.3 Å². The van der Waals surface area contributed by atoms with E-state index in [0.29, 0.717) is 6.42 Å². The van der Waals surface area contributed by atoms with E-state index in [4.69, 9.17) is 11.5 Å². The van der Waals surface area contributed by atoms with Crippen LogP contribution >= 0.6 is 0 Å². The number of primary amides is 1. The predicted molar refractivity (Wildman–Crippen MR) is 136 cm³/mol. The third-order valence-corrected chi connectivity index (χ3v) is 6.06. The molecular weight excluding hydrogens is 482 g/mol. The first-order chi connectivity index (χ1) is 17.3. The summed E-state index contributed by atoms with van der Waals surface area (Å²) in [5.41, 5.74) is 11.9. The molecule has 12 heteroatoms. The van der Waals surface area contributed by atoms with E-state index in [1.807, 2.05) is 6.92 Å². The molecule has 5 unspecified atom stereocenters. The van der Waals surface area contributed by atoms with E-state index in [1.165, 1.54) is 12.1 Å². The van der Waals surface area contributed by atoms with Gasteiger partial charge in [-0.3, -0.25) is 19.2 Å². The molecule has 12 nitrogen and oxygen atoms in total. The largest absolute Gasteiger partial charge is 0.508 e. The van der Waals surface area contributed by atoms with Crippen molar-refractivity contribution in [3.05, 3.63) is 29.8 Å². The van der Waals surface area contributed by atoms with Gasteiger partial charge in [0.1, 0.15) is 23.9 Å². The van der Waals surface area contributed by atoms with Crippen molar-refractivity contribution in [1.82, 2.24) is 16.0 Å². The number of rotatable bonds is 15. The molecule has 1 aromatic rings. The van der Waals surface area contributed by atoms with E-state index >= 15 is 0 Å². The Hall–Kier alpha value is -3.67. The maximum atomic E-state index is 13.2. The molecule has 0 aromatic heterocycles. The number of carbonyl (C=O) groups is 5. The van der Waals surface area contributed by atoms with Crippen LogP contribution in [0.25, 0.3) is 0 Å². The SMILES string of the molecule is CCC(C)C(NC(=O)C(N)Cc1ccc(O)cc1)C(=O)NC(C(=O)NC(CCC(N)=O)C(=O)O)C(C)C. The van der Waals surface area contributed by atoms with Crippen molar-refractivity contribution < 1.29 is 34.2 Å². The van der Waals surface area contributed by atoms with Gasteiger partial charge >= 0.3 is 5.97 Å². The number of hydrogen-bond acceptors (Lipinski definition) is 7. The van der Waals surface area contributed by atoms with Crippen molar-refractivity contribution in [2.75, 3.05) is 0 Å². The topological polar surface area (TPSA) is 214 Å². The zero-order chi connectivity index (χ0) is 28.3. The quantitative estimate of drug-likeness (QED) is 0.163. The van der Waals surface area contributed by atoms with E-state index in [0.717, 1.165) is 5.56 Å². The number of aromatic hydroxyl groups is 1. The molecule has 0 saturated carbocycles. The smallest absolute Gasteiger partial charge is 0.326 e. The highest BCUT2D eigenvalue weighted by atomic mass is 16.4. The van der Waals surface area contributed by atoms with Crippen LogP contribution in [0.3, 0.4) is 0 Å². The lowest BCUT2D eigenvalue weighted by Gasteiger charge is -2.29. The zero-order valence-corrected chi connectivity index (χ0v) is 21.7. The normalized spacial score (nSPS) is 15.1. The Morgan fingerprint density at radius 3 is 1.92 bits per heavy atom. The molecule has 0 aliphatic carbocycles. The van der Waals surface area contributed by atoms with Crippen LogP contribution in [0.1, 0.15) is 52.5 Å². The Kier molecular flexibility index (Phi) is 12.5. The van der Waals surface area contributed by atoms with Gasteiger partial charge in [0.25, 0.3) is 0 Å². The van der Waals surface area contributed by atoms with Crippen molar-refractivity contribution in [3.8, 4) is 5.75 Å². The molecule has 0 bridgehead atoms. The van der Waals surface area contributed by atoms with Crippen molar-refractivity contribution in [2.45, 2.75) is 77.5 Å². The van der Waals surface area contributed by atoms with Gasteiger partial charge in [-0.05, 0) is 42.4 Å². The highest BCUT2D eigenvalue weighted by molar-refractivity contribution is 5.94. The number of carboxylic acids is 1. The number of nitrogens with two attached hydrogens (primary N) is 2. The number of carbonyl (C=O) groups excluding carboxylic acids is 4. The van der Waals surface area contributed by atoms with Crippen molar-refractivity contribution in [3.63, 3.8) is 0 Å². The lowest BCUT2D eigenvalue weighted by molar-refractivity contribution is -0.143. The first-order valence-electron chi connectivity index (χ1n) is 12.2. The monoisotopic (exact) mass is 521 g/mol. The maximum Gasteiger partial charge on any atom is 0.326 e. The van der Waals surface area contributed by atoms with Crippen molar-refractivity contribution >= 4 is 29.6 Å². The molecule has 0 spiro atoms. The third-order valence-electron chi connectivity index (χ3n) is 6.06. The molecule has 9 N–H and O–H groups in total. The summed E-state index contributed by atoms with van der Waals surface area (Å²) in [5, 5.41) is 26.4. The summed E-state index contributed by atoms with van der Waals surface area (Å²) >= 11 is 0. The van der Waals surface area contributed by atoms with Gasteiger partial charge in [0.05, 0.1) is 6.04 Å². The molecule has 0 saturated heterocycles. The maximum absolute atomic E-state index is 13.2. The van der Waals surface area contributed by atoms with Crippen molar-refractivity contribution in [1.29, 1.82) is 0 Å². The number of nitrogens with one attached hydrogen (secondary N) is 3. The molecule has 0 heterocycles. The molecule has 1 aromatic carbocycles. The van der Waals surface area contributed by atoms with E-state index in [2.05, 4.69) is 16.0 Å². The number of aliphatic carboxylic acids is 1. The number of phenolic OH excluding ortho intramolecular Hbond substituents is 1. The molecule has 37 heavy (non-hydrogen) atoms. The summed E-state index contributed by atoms with van der Waals surface area (Å²) in [5.74, 6) is -4.59. The molecule has 0 aliphatic rings. The van der Waals surface area contributed by atoms with E-state index in [-0.39, 0.29) is 30.9 Å². The summed E-state index contributed by atoms with van der Waals surface area (Å²) < 4.78 is 0. The van der Waals surface area contributed by atoms with Crippen LogP contribution in [-0.4, -0.2) is 64.0 Å². The second-order valence-corrected chi connectivity index (χ2v) is 9.48. The fraction of sp³-hybridized carbons (Fsp3) is 0.560. The predicted octanol–water partition coefficient (Wildman–Crippen LogP) is -0.231. The minimum absolute atomic E-state index is 0.0848. The average molecular weight is 522 g/mol. The molecular formula is C25H39N5O7. The third kappa shape index (κ3) is 10.5. The highest BCUT2D eigenvalue weighted by Gasteiger charge is 2.33. The molecule has 4 amide bonds. The van der Waals surface area contributed by atoms with E-state index in [9.17, 15) is 34.2 Å². The molecule has 206 valence electrons. The Morgan fingerprint density at radius 2 is 1.43 bits per heavy atom. The Labute approximate surface area is 216 Å². The van der Waals surface area contributed by atoms with Crippen LogP contribution in [-0.2, 0) is 30.4 Å². The molecule has 0 radical (unpaired) electrons. The Bertz CT molecular complexity index is 951. The summed E-state index contributed by atoms with van der Waals surface area (Å²) in [4.78, 5) is 61.4. The van der Waals surface area contributed by atoms with Crippen LogP contribution in [0.4, 0.5) is 0 Å². The Balaban J connectivity index is 2.95. The second-order valence-electron chi connectivity index (χ2n) is 9.48. The number of carboxylic acid groups (broad SMARTS) is 1. The van der Waals surface area contributed by atoms with Gasteiger partial charge in [0.2, 0.25) is 23.6 Å². The van der Waals surface area contributed by atoms with Gasteiger partial charge in [-0.15, -0.1) is 0 Å². The van der Waals surface area contributed by atoms with E-state index in [1.54, 1.807) is 32.9 Å².